The van der Waals surface area contributed by atoms with Crippen molar-refractivity contribution in [3.05, 3.63) is 0 Å². The normalized spacial score (nSPS) is 26.3. The Morgan fingerprint density at radius 1 is 0.889 bits per heavy atom. The molecule has 0 aromatic rings. The smallest absolute Gasteiger partial charge is 0.0101 e. The average Bonchev–Trinajstić information content (AvgIpc) is 2.22. The Kier molecular flexibility index (Phi) is 5.67. The highest BCUT2D eigenvalue weighted by Crippen LogP contribution is 2.37. The quantitative estimate of drug-likeness (QED) is 0.750. The van der Waals surface area contributed by atoms with E-state index >= 15 is 0 Å². The van der Waals surface area contributed by atoms with Gasteiger partial charge in [-0.2, -0.15) is 0 Å². The Hall–Kier alpha value is -0.0800. The fourth-order valence-electron chi connectivity index (χ4n) is 3.11. The third-order valence-electron chi connectivity index (χ3n) is 4.07. The van der Waals surface area contributed by atoms with Crippen LogP contribution in [-0.2, 0) is 0 Å². The SMILES string of the molecule is CC(C)(C)NCCNC1CCCCC1C(C)(C)C. The van der Waals surface area contributed by atoms with Crippen LogP contribution in [0.2, 0.25) is 0 Å². The molecule has 2 heteroatoms. The van der Waals surface area contributed by atoms with Crippen molar-refractivity contribution < 1.29 is 0 Å². The zero-order valence-corrected chi connectivity index (χ0v) is 13.4. The first-order valence-corrected chi connectivity index (χ1v) is 7.68. The Balaban J connectivity index is 2.34. The third kappa shape index (κ3) is 5.71. The van der Waals surface area contributed by atoms with Crippen molar-refractivity contribution in [3.8, 4) is 0 Å². The van der Waals surface area contributed by atoms with Gasteiger partial charge < -0.3 is 10.6 Å². The summed E-state index contributed by atoms with van der Waals surface area (Å²) in [5.41, 5.74) is 0.674. The fraction of sp³-hybridized carbons (Fsp3) is 1.00. The first-order valence-electron chi connectivity index (χ1n) is 7.68. The lowest BCUT2D eigenvalue weighted by Crippen LogP contribution is -2.47. The van der Waals surface area contributed by atoms with Crippen LogP contribution in [0.3, 0.4) is 0 Å². The Labute approximate surface area is 114 Å². The molecule has 0 aromatic heterocycles. The van der Waals surface area contributed by atoms with Gasteiger partial charge in [0.2, 0.25) is 0 Å². The highest BCUT2D eigenvalue weighted by molar-refractivity contribution is 4.88. The molecule has 0 aliphatic heterocycles. The molecular formula is C16H34N2. The van der Waals surface area contributed by atoms with Gasteiger partial charge in [0.15, 0.2) is 0 Å². The van der Waals surface area contributed by atoms with Gasteiger partial charge in [0, 0.05) is 24.7 Å². The maximum Gasteiger partial charge on any atom is 0.0101 e. The van der Waals surface area contributed by atoms with Crippen LogP contribution in [0.4, 0.5) is 0 Å². The molecule has 2 N–H and O–H groups in total. The lowest BCUT2D eigenvalue weighted by atomic mass is 9.69. The van der Waals surface area contributed by atoms with Crippen LogP contribution in [0.25, 0.3) is 0 Å². The molecule has 18 heavy (non-hydrogen) atoms. The lowest BCUT2D eigenvalue weighted by molar-refractivity contribution is 0.131. The van der Waals surface area contributed by atoms with Crippen molar-refractivity contribution in [1.29, 1.82) is 0 Å². The monoisotopic (exact) mass is 254 g/mol. The first kappa shape index (κ1) is 16.0. The van der Waals surface area contributed by atoms with Gasteiger partial charge in [-0.25, -0.2) is 0 Å². The molecule has 2 unspecified atom stereocenters. The van der Waals surface area contributed by atoms with Crippen molar-refractivity contribution in [1.82, 2.24) is 10.6 Å². The van der Waals surface area contributed by atoms with E-state index in [1.807, 2.05) is 0 Å². The first-order chi connectivity index (χ1) is 8.20. The van der Waals surface area contributed by atoms with Gasteiger partial charge in [0.05, 0.1) is 0 Å². The summed E-state index contributed by atoms with van der Waals surface area (Å²) in [5.74, 6) is 0.834. The second kappa shape index (κ2) is 6.38. The molecule has 1 aliphatic carbocycles. The van der Waals surface area contributed by atoms with E-state index in [4.69, 9.17) is 0 Å². The van der Waals surface area contributed by atoms with Gasteiger partial charge in [0.25, 0.3) is 0 Å². The van der Waals surface area contributed by atoms with Gasteiger partial charge in [-0.1, -0.05) is 33.6 Å². The molecule has 0 bridgehead atoms. The predicted molar refractivity (Wildman–Crippen MR) is 81.0 cm³/mol. The zero-order chi connectivity index (χ0) is 13.8. The van der Waals surface area contributed by atoms with Crippen molar-refractivity contribution in [2.75, 3.05) is 13.1 Å². The number of hydrogen-bond donors (Lipinski definition) is 2. The summed E-state index contributed by atoms with van der Waals surface area (Å²) >= 11 is 0. The van der Waals surface area contributed by atoms with Gasteiger partial charge >= 0.3 is 0 Å². The standard InChI is InChI=1S/C16H34N2/c1-15(2,3)13-9-7-8-10-14(13)17-11-12-18-16(4,5)6/h13-14,17-18H,7-12H2,1-6H3. The Bertz CT molecular complexity index is 234. The molecule has 0 aromatic carbocycles. The summed E-state index contributed by atoms with van der Waals surface area (Å²) < 4.78 is 0. The topological polar surface area (TPSA) is 24.1 Å². The second-order valence-electron chi connectivity index (χ2n) is 7.99. The highest BCUT2D eigenvalue weighted by atomic mass is 15.0. The molecule has 2 nitrogen and oxygen atoms in total. The molecule has 0 spiro atoms. The van der Waals surface area contributed by atoms with E-state index in [2.05, 4.69) is 52.2 Å². The van der Waals surface area contributed by atoms with E-state index in [9.17, 15) is 0 Å². The minimum absolute atomic E-state index is 0.234. The van der Waals surface area contributed by atoms with Gasteiger partial charge in [-0.3, -0.25) is 0 Å². The van der Waals surface area contributed by atoms with E-state index in [-0.39, 0.29) is 5.54 Å². The largest absolute Gasteiger partial charge is 0.312 e. The molecule has 1 saturated carbocycles. The van der Waals surface area contributed by atoms with Gasteiger partial charge in [0.1, 0.15) is 0 Å². The van der Waals surface area contributed by atoms with E-state index < -0.39 is 0 Å². The van der Waals surface area contributed by atoms with Crippen molar-refractivity contribution in [3.63, 3.8) is 0 Å². The summed E-state index contributed by atoms with van der Waals surface area (Å²) in [7, 11) is 0. The molecule has 108 valence electrons. The van der Waals surface area contributed by atoms with Crippen LogP contribution < -0.4 is 10.6 Å². The third-order valence-corrected chi connectivity index (χ3v) is 4.07. The lowest BCUT2D eigenvalue weighted by Gasteiger charge is -2.41. The van der Waals surface area contributed by atoms with Crippen LogP contribution in [0.1, 0.15) is 67.2 Å². The fourth-order valence-corrected chi connectivity index (χ4v) is 3.11. The summed E-state index contributed by atoms with van der Waals surface area (Å²) in [6.07, 6.45) is 5.57. The van der Waals surface area contributed by atoms with Crippen molar-refractivity contribution >= 4 is 0 Å². The minimum atomic E-state index is 0.234. The van der Waals surface area contributed by atoms with Gasteiger partial charge in [-0.15, -0.1) is 0 Å². The molecule has 0 heterocycles. The number of nitrogens with one attached hydrogen (secondary N) is 2. The molecule has 1 fully saturated rings. The summed E-state index contributed by atoms with van der Waals surface area (Å²) in [5, 5.41) is 7.34. The molecule has 0 saturated heterocycles. The van der Waals surface area contributed by atoms with E-state index in [0.717, 1.165) is 25.0 Å². The predicted octanol–water partition coefficient (Wildman–Crippen LogP) is 3.57. The molecule has 0 amide bonds. The van der Waals surface area contributed by atoms with E-state index in [1.54, 1.807) is 0 Å². The van der Waals surface area contributed by atoms with Crippen LogP contribution in [0.5, 0.6) is 0 Å². The van der Waals surface area contributed by atoms with Crippen LogP contribution in [0, 0.1) is 11.3 Å². The van der Waals surface area contributed by atoms with E-state index in [1.165, 1.54) is 25.7 Å². The molecule has 1 aliphatic rings. The zero-order valence-electron chi connectivity index (χ0n) is 13.4. The molecule has 2 atom stereocenters. The second-order valence-corrected chi connectivity index (χ2v) is 7.99. The molecular weight excluding hydrogens is 220 g/mol. The number of hydrogen-bond acceptors (Lipinski definition) is 2. The van der Waals surface area contributed by atoms with Crippen LogP contribution in [-0.4, -0.2) is 24.7 Å². The van der Waals surface area contributed by atoms with Crippen LogP contribution >= 0.6 is 0 Å². The highest BCUT2D eigenvalue weighted by Gasteiger charge is 2.33. The number of rotatable bonds is 4. The van der Waals surface area contributed by atoms with Crippen molar-refractivity contribution in [2.24, 2.45) is 11.3 Å². The van der Waals surface area contributed by atoms with E-state index in [0.29, 0.717) is 5.41 Å². The maximum atomic E-state index is 3.79. The maximum absolute atomic E-state index is 3.79. The Morgan fingerprint density at radius 2 is 1.50 bits per heavy atom. The molecule has 1 rings (SSSR count). The van der Waals surface area contributed by atoms with Crippen molar-refractivity contribution in [2.45, 2.75) is 78.8 Å². The summed E-state index contributed by atoms with van der Waals surface area (Å²) in [6.45, 7) is 16.0. The average molecular weight is 254 g/mol. The summed E-state index contributed by atoms with van der Waals surface area (Å²) in [6, 6.07) is 0.723. The van der Waals surface area contributed by atoms with Gasteiger partial charge in [-0.05, 0) is 44.9 Å². The Morgan fingerprint density at radius 3 is 2.06 bits per heavy atom. The van der Waals surface area contributed by atoms with Crippen LogP contribution in [0.15, 0.2) is 0 Å². The minimum Gasteiger partial charge on any atom is -0.312 e. The molecule has 0 radical (unpaired) electrons. The summed E-state index contributed by atoms with van der Waals surface area (Å²) in [4.78, 5) is 0.